The molecule has 0 aromatic heterocycles. The lowest BCUT2D eigenvalue weighted by atomic mass is 9.99. The standard InChI is InChI=1S/C46H33NO8/c1-28-17-21-30(22-18-28)39(48)41(32-11-5-3-6-12-32)54-45(52)34-25-26-35-37(27-34)44(51)47(43(35)50)38-16-10-9-15-36(38)46(53)55-42(33-13-7-4-8-14-33)40(49)31-23-19-29(2)20-24-31/h3-27,41-42H,1-2H3/t41-,42-/m1/s1. The molecule has 0 saturated heterocycles. The molecule has 6 aromatic carbocycles. The Bertz CT molecular complexity index is 2460. The van der Waals surface area contributed by atoms with Gasteiger partial charge in [-0.3, -0.25) is 19.2 Å². The Morgan fingerprint density at radius 1 is 0.473 bits per heavy atom. The normalized spacial score (nSPS) is 13.1. The van der Waals surface area contributed by atoms with E-state index in [1.807, 2.05) is 13.8 Å². The molecule has 9 nitrogen and oxygen atoms in total. The fourth-order valence-electron chi connectivity index (χ4n) is 6.31. The van der Waals surface area contributed by atoms with E-state index in [-0.39, 0.29) is 27.9 Å². The summed E-state index contributed by atoms with van der Waals surface area (Å²) in [6.45, 7) is 3.79. The number of para-hydroxylation sites is 1. The van der Waals surface area contributed by atoms with E-state index in [2.05, 4.69) is 0 Å². The summed E-state index contributed by atoms with van der Waals surface area (Å²) in [5.74, 6) is -4.22. The molecule has 9 heteroatoms. The number of carbonyl (C=O) groups is 6. The lowest BCUT2D eigenvalue weighted by Gasteiger charge is -2.21. The van der Waals surface area contributed by atoms with Crippen LogP contribution < -0.4 is 4.90 Å². The fourth-order valence-corrected chi connectivity index (χ4v) is 6.31. The highest BCUT2D eigenvalue weighted by Crippen LogP contribution is 2.34. The zero-order valence-corrected chi connectivity index (χ0v) is 29.8. The number of nitrogens with zero attached hydrogens (tertiary/aromatic N) is 1. The van der Waals surface area contributed by atoms with Crippen LogP contribution in [0.25, 0.3) is 0 Å². The van der Waals surface area contributed by atoms with Gasteiger partial charge in [-0.05, 0) is 44.2 Å². The first-order valence-corrected chi connectivity index (χ1v) is 17.5. The van der Waals surface area contributed by atoms with Crippen molar-refractivity contribution in [3.8, 4) is 0 Å². The number of hydrogen-bond acceptors (Lipinski definition) is 8. The molecule has 0 N–H and O–H groups in total. The Balaban J connectivity index is 1.16. The van der Waals surface area contributed by atoms with Crippen LogP contribution in [0.5, 0.6) is 0 Å². The molecular formula is C46H33NO8. The second kappa shape index (κ2) is 15.4. The summed E-state index contributed by atoms with van der Waals surface area (Å²) >= 11 is 0. The lowest BCUT2D eigenvalue weighted by Crippen LogP contribution is -2.31. The molecule has 270 valence electrons. The number of Topliss-reactive ketones (excluding diaryl/α,β-unsaturated/α-hetero) is 2. The number of ether oxygens (including phenoxy) is 2. The topological polar surface area (TPSA) is 124 Å². The number of hydrogen-bond donors (Lipinski definition) is 0. The van der Waals surface area contributed by atoms with Crippen molar-refractivity contribution in [2.24, 2.45) is 0 Å². The van der Waals surface area contributed by atoms with Crippen LogP contribution in [0.15, 0.2) is 152 Å². The maximum absolute atomic E-state index is 14.0. The van der Waals surface area contributed by atoms with Gasteiger partial charge in [0, 0.05) is 22.3 Å². The minimum atomic E-state index is -1.32. The van der Waals surface area contributed by atoms with Crippen molar-refractivity contribution in [3.63, 3.8) is 0 Å². The zero-order chi connectivity index (χ0) is 38.6. The second-order valence-corrected chi connectivity index (χ2v) is 13.1. The largest absolute Gasteiger partial charge is 0.445 e. The van der Waals surface area contributed by atoms with Crippen LogP contribution in [0.3, 0.4) is 0 Å². The molecule has 55 heavy (non-hydrogen) atoms. The van der Waals surface area contributed by atoms with Crippen molar-refractivity contribution in [1.29, 1.82) is 0 Å². The van der Waals surface area contributed by atoms with Crippen LogP contribution in [0.2, 0.25) is 0 Å². The molecule has 0 aliphatic carbocycles. The first-order valence-electron chi connectivity index (χ1n) is 17.5. The lowest BCUT2D eigenvalue weighted by molar-refractivity contribution is 0.0278. The summed E-state index contributed by atoms with van der Waals surface area (Å²) in [4.78, 5) is 83.5. The summed E-state index contributed by atoms with van der Waals surface area (Å²) in [5, 5.41) is 0. The van der Waals surface area contributed by atoms with Crippen molar-refractivity contribution in [3.05, 3.63) is 207 Å². The first-order chi connectivity index (χ1) is 26.6. The number of carbonyl (C=O) groups excluding carboxylic acids is 6. The number of amides is 2. The van der Waals surface area contributed by atoms with E-state index in [9.17, 15) is 28.8 Å². The highest BCUT2D eigenvalue weighted by molar-refractivity contribution is 6.35. The van der Waals surface area contributed by atoms with Crippen molar-refractivity contribution in [1.82, 2.24) is 0 Å². The molecule has 1 aliphatic heterocycles. The maximum atomic E-state index is 14.0. The van der Waals surface area contributed by atoms with Crippen molar-refractivity contribution < 1.29 is 38.2 Å². The van der Waals surface area contributed by atoms with E-state index in [0.29, 0.717) is 22.3 Å². The number of benzene rings is 6. The van der Waals surface area contributed by atoms with E-state index in [4.69, 9.17) is 9.47 Å². The number of aryl methyl sites for hydroxylation is 2. The van der Waals surface area contributed by atoms with Gasteiger partial charge in [0.15, 0.2) is 12.2 Å². The third-order valence-electron chi connectivity index (χ3n) is 9.29. The van der Waals surface area contributed by atoms with Crippen molar-refractivity contribution in [2.45, 2.75) is 26.1 Å². The third-order valence-corrected chi connectivity index (χ3v) is 9.29. The molecule has 2 atom stereocenters. The third kappa shape index (κ3) is 7.36. The summed E-state index contributed by atoms with van der Waals surface area (Å²) in [6, 6.07) is 40.7. The minimum Gasteiger partial charge on any atom is -0.445 e. The van der Waals surface area contributed by atoms with Crippen LogP contribution in [0.1, 0.15) is 96.6 Å². The first kappa shape index (κ1) is 36.1. The molecule has 0 saturated carbocycles. The molecule has 6 aromatic rings. The number of fused-ring (bicyclic) bond motifs is 1. The maximum Gasteiger partial charge on any atom is 0.341 e. The van der Waals surface area contributed by atoms with Gasteiger partial charge >= 0.3 is 11.9 Å². The summed E-state index contributed by atoms with van der Waals surface area (Å²) in [5.41, 5.74) is 3.14. The monoisotopic (exact) mass is 727 g/mol. The average Bonchev–Trinajstić information content (AvgIpc) is 3.47. The minimum absolute atomic E-state index is 0.00299. The predicted octanol–water partition coefficient (Wildman–Crippen LogP) is 8.67. The van der Waals surface area contributed by atoms with E-state index < -0.39 is 47.5 Å². The van der Waals surface area contributed by atoms with Gasteiger partial charge < -0.3 is 9.47 Å². The molecule has 2 amide bonds. The number of ketones is 2. The molecule has 0 spiro atoms. The van der Waals surface area contributed by atoms with Crippen LogP contribution in [0, 0.1) is 13.8 Å². The smallest absolute Gasteiger partial charge is 0.341 e. The Morgan fingerprint density at radius 2 is 0.909 bits per heavy atom. The molecule has 7 rings (SSSR count). The highest BCUT2D eigenvalue weighted by atomic mass is 16.6. The Labute approximate surface area is 316 Å². The summed E-state index contributed by atoms with van der Waals surface area (Å²) < 4.78 is 11.7. The van der Waals surface area contributed by atoms with Gasteiger partial charge in [0.25, 0.3) is 11.8 Å². The number of imide groups is 1. The fraction of sp³-hybridized carbons (Fsp3) is 0.0870. The van der Waals surface area contributed by atoms with Crippen LogP contribution >= 0.6 is 0 Å². The van der Waals surface area contributed by atoms with Crippen molar-refractivity contribution in [2.75, 3.05) is 4.90 Å². The molecule has 1 heterocycles. The Kier molecular flexibility index (Phi) is 10.1. The van der Waals surface area contributed by atoms with Gasteiger partial charge in [-0.1, -0.05) is 132 Å². The van der Waals surface area contributed by atoms with E-state index in [1.165, 1.54) is 30.3 Å². The Hall–Kier alpha value is -7.26. The van der Waals surface area contributed by atoms with Gasteiger partial charge in [0.05, 0.1) is 27.9 Å². The Morgan fingerprint density at radius 3 is 1.44 bits per heavy atom. The second-order valence-electron chi connectivity index (χ2n) is 13.1. The van der Waals surface area contributed by atoms with E-state index >= 15 is 0 Å². The van der Waals surface area contributed by atoms with Gasteiger partial charge in [-0.2, -0.15) is 0 Å². The number of rotatable bonds is 11. The van der Waals surface area contributed by atoms with E-state index in [0.717, 1.165) is 16.0 Å². The van der Waals surface area contributed by atoms with Crippen LogP contribution in [-0.4, -0.2) is 35.3 Å². The van der Waals surface area contributed by atoms with Crippen LogP contribution in [0.4, 0.5) is 5.69 Å². The molecule has 0 fully saturated rings. The molecule has 1 aliphatic rings. The van der Waals surface area contributed by atoms with E-state index in [1.54, 1.807) is 121 Å². The zero-order valence-electron chi connectivity index (χ0n) is 29.8. The number of esters is 2. The number of anilines is 1. The van der Waals surface area contributed by atoms with Gasteiger partial charge in [0.2, 0.25) is 11.6 Å². The van der Waals surface area contributed by atoms with Crippen molar-refractivity contribution >= 4 is 41.0 Å². The molecule has 0 unspecified atom stereocenters. The highest BCUT2D eigenvalue weighted by Gasteiger charge is 2.40. The summed E-state index contributed by atoms with van der Waals surface area (Å²) in [7, 11) is 0. The molecule has 0 bridgehead atoms. The van der Waals surface area contributed by atoms with Gasteiger partial charge in [0.1, 0.15) is 0 Å². The molecule has 0 radical (unpaired) electrons. The SMILES string of the molecule is Cc1ccc(C(=O)[C@H](OC(=O)c2ccc3c(c2)C(=O)N(c2ccccc2C(=O)O[C@@H](C(=O)c2ccc(C)cc2)c2ccccc2)C3=O)c2ccccc2)cc1. The van der Waals surface area contributed by atoms with Gasteiger partial charge in [-0.25, -0.2) is 14.5 Å². The summed E-state index contributed by atoms with van der Waals surface area (Å²) in [6.07, 6.45) is -2.60. The quantitative estimate of drug-likeness (QED) is 0.0738. The molecular weight excluding hydrogens is 695 g/mol. The average molecular weight is 728 g/mol. The van der Waals surface area contributed by atoms with Gasteiger partial charge in [-0.15, -0.1) is 0 Å². The predicted molar refractivity (Wildman–Crippen MR) is 204 cm³/mol. The van der Waals surface area contributed by atoms with Crippen LogP contribution in [-0.2, 0) is 9.47 Å².